The lowest BCUT2D eigenvalue weighted by Gasteiger charge is -2.15. The highest BCUT2D eigenvalue weighted by Gasteiger charge is 2.32. The number of carbonyl (C=O) groups excluding carboxylic acids is 2. The van der Waals surface area contributed by atoms with Crippen molar-refractivity contribution in [3.8, 4) is 0 Å². The number of urea groups is 1. The standard InChI is InChI=1S/C15H22N4O2/c1-2-17-15(21)18-14(20)10-19-8-12(13(16)9-19)11-6-4-3-5-7-11/h3-7,12-13H,2,8-10,16H2,1H3,(H2,17,18,20,21)/t12-,13+/m0/s1. The van der Waals surface area contributed by atoms with Crippen molar-refractivity contribution in [3.63, 3.8) is 0 Å². The van der Waals surface area contributed by atoms with E-state index in [0.29, 0.717) is 13.1 Å². The summed E-state index contributed by atoms with van der Waals surface area (Å²) >= 11 is 0. The molecule has 1 saturated heterocycles. The molecule has 21 heavy (non-hydrogen) atoms. The van der Waals surface area contributed by atoms with Gasteiger partial charge < -0.3 is 11.1 Å². The zero-order valence-electron chi connectivity index (χ0n) is 12.2. The summed E-state index contributed by atoms with van der Waals surface area (Å²) in [7, 11) is 0. The van der Waals surface area contributed by atoms with Crippen molar-refractivity contribution in [1.82, 2.24) is 15.5 Å². The topological polar surface area (TPSA) is 87.5 Å². The number of likely N-dealkylation sites (tertiary alicyclic amines) is 1. The molecule has 0 radical (unpaired) electrons. The maximum atomic E-state index is 11.8. The van der Waals surface area contributed by atoms with Crippen LogP contribution in [0.1, 0.15) is 18.4 Å². The van der Waals surface area contributed by atoms with Crippen molar-refractivity contribution in [2.75, 3.05) is 26.2 Å². The van der Waals surface area contributed by atoms with Crippen LogP contribution in [0.15, 0.2) is 30.3 Å². The largest absolute Gasteiger partial charge is 0.338 e. The predicted octanol–water partition coefficient (Wildman–Crippen LogP) is 0.259. The van der Waals surface area contributed by atoms with Gasteiger partial charge >= 0.3 is 6.03 Å². The van der Waals surface area contributed by atoms with Crippen molar-refractivity contribution < 1.29 is 9.59 Å². The van der Waals surface area contributed by atoms with Crippen molar-refractivity contribution >= 4 is 11.9 Å². The summed E-state index contributed by atoms with van der Waals surface area (Å²) in [5, 5.41) is 4.84. The van der Waals surface area contributed by atoms with Crippen molar-refractivity contribution in [2.24, 2.45) is 5.73 Å². The van der Waals surface area contributed by atoms with Gasteiger partial charge in [-0.3, -0.25) is 15.0 Å². The number of amides is 3. The molecule has 1 aliphatic rings. The molecule has 1 fully saturated rings. The number of nitrogens with two attached hydrogens (primary N) is 1. The third-order valence-corrected chi connectivity index (χ3v) is 3.63. The Hall–Kier alpha value is -1.92. The van der Waals surface area contributed by atoms with Crippen LogP contribution in [0.2, 0.25) is 0 Å². The molecule has 0 saturated carbocycles. The Balaban J connectivity index is 1.87. The lowest BCUT2D eigenvalue weighted by atomic mass is 9.95. The molecule has 1 heterocycles. The maximum Gasteiger partial charge on any atom is 0.321 e. The molecule has 0 aliphatic carbocycles. The van der Waals surface area contributed by atoms with Gasteiger partial charge in [-0.1, -0.05) is 30.3 Å². The van der Waals surface area contributed by atoms with Crippen molar-refractivity contribution in [3.05, 3.63) is 35.9 Å². The minimum atomic E-state index is -0.453. The fraction of sp³-hybridized carbons (Fsp3) is 0.467. The minimum Gasteiger partial charge on any atom is -0.338 e. The molecule has 0 unspecified atom stereocenters. The summed E-state index contributed by atoms with van der Waals surface area (Å²) in [6, 6.07) is 9.63. The number of benzene rings is 1. The van der Waals surface area contributed by atoms with Crippen LogP contribution < -0.4 is 16.4 Å². The van der Waals surface area contributed by atoms with E-state index in [2.05, 4.69) is 22.8 Å². The van der Waals surface area contributed by atoms with E-state index in [1.807, 2.05) is 23.1 Å². The third kappa shape index (κ3) is 4.27. The molecule has 3 amide bonds. The zero-order chi connectivity index (χ0) is 15.2. The molecule has 1 aromatic rings. The van der Waals surface area contributed by atoms with Crippen LogP contribution in [0.3, 0.4) is 0 Å². The summed E-state index contributed by atoms with van der Waals surface area (Å²) < 4.78 is 0. The summed E-state index contributed by atoms with van der Waals surface area (Å²) in [6.07, 6.45) is 0. The third-order valence-electron chi connectivity index (χ3n) is 3.63. The second-order valence-corrected chi connectivity index (χ2v) is 5.28. The first-order valence-electron chi connectivity index (χ1n) is 7.20. The quantitative estimate of drug-likeness (QED) is 0.742. The summed E-state index contributed by atoms with van der Waals surface area (Å²) in [6.45, 7) is 3.86. The second kappa shape index (κ2) is 7.19. The van der Waals surface area contributed by atoms with Gasteiger partial charge in [0.05, 0.1) is 6.54 Å². The smallest absolute Gasteiger partial charge is 0.321 e. The van der Waals surface area contributed by atoms with E-state index < -0.39 is 6.03 Å². The molecule has 1 aromatic carbocycles. The molecule has 2 rings (SSSR count). The van der Waals surface area contributed by atoms with Crippen LogP contribution in [0.5, 0.6) is 0 Å². The van der Waals surface area contributed by atoms with E-state index in [0.717, 1.165) is 6.54 Å². The molecule has 6 nitrogen and oxygen atoms in total. The van der Waals surface area contributed by atoms with Crippen LogP contribution in [0.25, 0.3) is 0 Å². The fourth-order valence-electron chi connectivity index (χ4n) is 2.67. The molecule has 2 atom stereocenters. The molecule has 0 spiro atoms. The predicted molar refractivity (Wildman–Crippen MR) is 80.8 cm³/mol. The lowest BCUT2D eigenvalue weighted by molar-refractivity contribution is -0.120. The summed E-state index contributed by atoms with van der Waals surface area (Å²) in [5.74, 6) is -0.0784. The number of nitrogens with one attached hydrogen (secondary N) is 2. The van der Waals surface area contributed by atoms with Gasteiger partial charge in [-0.05, 0) is 12.5 Å². The highest BCUT2D eigenvalue weighted by atomic mass is 16.2. The Bertz CT molecular complexity index is 492. The number of imide groups is 1. The first-order chi connectivity index (χ1) is 10.1. The van der Waals surface area contributed by atoms with Gasteiger partial charge in [-0.2, -0.15) is 0 Å². The van der Waals surface area contributed by atoms with Gasteiger partial charge in [0.2, 0.25) is 5.91 Å². The van der Waals surface area contributed by atoms with Gasteiger partial charge in [0, 0.05) is 31.6 Å². The van der Waals surface area contributed by atoms with Gasteiger partial charge in [0.1, 0.15) is 0 Å². The van der Waals surface area contributed by atoms with Gasteiger partial charge in [-0.15, -0.1) is 0 Å². The average Bonchev–Trinajstić information content (AvgIpc) is 2.80. The van der Waals surface area contributed by atoms with E-state index in [4.69, 9.17) is 5.73 Å². The van der Waals surface area contributed by atoms with E-state index >= 15 is 0 Å². The molecule has 0 bridgehead atoms. The van der Waals surface area contributed by atoms with Crippen LogP contribution in [-0.4, -0.2) is 49.1 Å². The van der Waals surface area contributed by atoms with Crippen molar-refractivity contribution in [1.29, 1.82) is 0 Å². The Morgan fingerprint density at radius 2 is 2.00 bits per heavy atom. The SMILES string of the molecule is CCNC(=O)NC(=O)CN1C[C@@H](N)[C@H](c2ccccc2)C1. The summed E-state index contributed by atoms with van der Waals surface area (Å²) in [4.78, 5) is 25.1. The average molecular weight is 290 g/mol. The molecular formula is C15H22N4O2. The van der Waals surface area contributed by atoms with Crippen LogP contribution in [0.4, 0.5) is 4.79 Å². The first-order valence-corrected chi connectivity index (χ1v) is 7.20. The molecule has 0 aromatic heterocycles. The van der Waals surface area contributed by atoms with Crippen LogP contribution >= 0.6 is 0 Å². The molecule has 4 N–H and O–H groups in total. The fourth-order valence-corrected chi connectivity index (χ4v) is 2.67. The normalized spacial score (nSPS) is 22.0. The first kappa shape index (κ1) is 15.5. The monoisotopic (exact) mass is 290 g/mol. The van der Waals surface area contributed by atoms with Gasteiger partial charge in [0.15, 0.2) is 0 Å². The van der Waals surface area contributed by atoms with Gasteiger partial charge in [0.25, 0.3) is 0 Å². The van der Waals surface area contributed by atoms with Crippen molar-refractivity contribution in [2.45, 2.75) is 18.9 Å². The number of rotatable bonds is 4. The zero-order valence-corrected chi connectivity index (χ0v) is 12.2. The minimum absolute atomic E-state index is 0.00432. The number of hydrogen-bond acceptors (Lipinski definition) is 4. The Morgan fingerprint density at radius 1 is 1.29 bits per heavy atom. The molecule has 6 heteroatoms. The van der Waals surface area contributed by atoms with E-state index in [1.165, 1.54) is 5.56 Å². The molecule has 1 aliphatic heterocycles. The van der Waals surface area contributed by atoms with E-state index in [9.17, 15) is 9.59 Å². The highest BCUT2D eigenvalue weighted by molar-refractivity contribution is 5.95. The van der Waals surface area contributed by atoms with E-state index in [1.54, 1.807) is 6.92 Å². The Labute approximate surface area is 124 Å². The maximum absolute atomic E-state index is 11.8. The number of nitrogens with zero attached hydrogens (tertiary/aromatic N) is 1. The van der Waals surface area contributed by atoms with Crippen LogP contribution in [-0.2, 0) is 4.79 Å². The Morgan fingerprint density at radius 3 is 2.67 bits per heavy atom. The number of carbonyl (C=O) groups is 2. The Kier molecular flexibility index (Phi) is 5.30. The summed E-state index contributed by atoms with van der Waals surface area (Å²) in [5.41, 5.74) is 7.36. The highest BCUT2D eigenvalue weighted by Crippen LogP contribution is 2.25. The second-order valence-electron chi connectivity index (χ2n) is 5.28. The lowest BCUT2D eigenvalue weighted by Crippen LogP contribution is -2.44. The van der Waals surface area contributed by atoms with E-state index in [-0.39, 0.29) is 24.4 Å². The molecule has 114 valence electrons. The number of hydrogen-bond donors (Lipinski definition) is 3. The van der Waals surface area contributed by atoms with Crippen LogP contribution in [0, 0.1) is 0 Å². The molecular weight excluding hydrogens is 268 g/mol. The van der Waals surface area contributed by atoms with Gasteiger partial charge in [-0.25, -0.2) is 4.79 Å².